The van der Waals surface area contributed by atoms with E-state index in [1.165, 1.54) is 24.5 Å². The molecule has 0 fully saturated rings. The normalized spacial score (nSPS) is 11.4. The molecule has 10 nitrogen and oxygen atoms in total. The summed E-state index contributed by atoms with van der Waals surface area (Å²) < 4.78 is 34.9. The number of nitrogens with zero attached hydrogens (tertiary/aromatic N) is 4. The zero-order valence-electron chi connectivity index (χ0n) is 18.4. The maximum atomic E-state index is 12.9. The van der Waals surface area contributed by atoms with E-state index < -0.39 is 15.7 Å². The van der Waals surface area contributed by atoms with Crippen molar-refractivity contribution in [2.75, 3.05) is 30.6 Å². The highest BCUT2D eigenvalue weighted by Gasteiger charge is 2.17. The minimum absolute atomic E-state index is 0.0775. The van der Waals surface area contributed by atoms with Gasteiger partial charge in [0, 0.05) is 38.2 Å². The molecule has 0 unspecified atom stereocenters. The molecular weight excluding hydrogens is 446 g/mol. The molecule has 0 bridgehead atoms. The predicted octanol–water partition coefficient (Wildman–Crippen LogP) is 3.44. The number of benzene rings is 1. The van der Waals surface area contributed by atoms with E-state index in [-0.39, 0.29) is 16.3 Å². The fourth-order valence-corrected chi connectivity index (χ4v) is 3.57. The Morgan fingerprint density at radius 3 is 2.45 bits per heavy atom. The molecule has 0 spiro atoms. The molecule has 0 aliphatic carbocycles. The van der Waals surface area contributed by atoms with Crippen LogP contribution in [0.25, 0.3) is 11.0 Å². The third-order valence-electron chi connectivity index (χ3n) is 4.67. The van der Waals surface area contributed by atoms with Gasteiger partial charge in [0.2, 0.25) is 5.88 Å². The molecule has 3 heterocycles. The van der Waals surface area contributed by atoms with E-state index in [9.17, 15) is 13.2 Å². The van der Waals surface area contributed by atoms with E-state index >= 15 is 0 Å². The number of aryl methyl sites for hydroxylation is 1. The van der Waals surface area contributed by atoms with E-state index in [1.807, 2.05) is 14.1 Å². The van der Waals surface area contributed by atoms with Gasteiger partial charge in [-0.1, -0.05) is 0 Å². The van der Waals surface area contributed by atoms with Crippen LogP contribution in [0.2, 0.25) is 0 Å². The molecule has 0 atom stereocenters. The summed E-state index contributed by atoms with van der Waals surface area (Å²) >= 11 is 0. The van der Waals surface area contributed by atoms with Crippen molar-refractivity contribution < 1.29 is 22.4 Å². The molecule has 0 radical (unpaired) electrons. The molecular formula is C22H21N5O5S. The third kappa shape index (κ3) is 4.93. The van der Waals surface area contributed by atoms with Crippen LogP contribution in [0.15, 0.2) is 58.2 Å². The Bertz CT molecular complexity index is 1430. The SMILES string of the molecule is Cc1cc2c(Oc3ccc(S(C)(=O)=O)cn3)cc(C(=O)Nc3cnc(N(C)C)cn3)cc2o1. The van der Waals surface area contributed by atoms with Crippen molar-refractivity contribution in [2.24, 2.45) is 0 Å². The van der Waals surface area contributed by atoms with Gasteiger partial charge in [-0.05, 0) is 31.2 Å². The first kappa shape index (κ1) is 22.2. The highest BCUT2D eigenvalue weighted by Crippen LogP contribution is 2.33. The number of carbonyl (C=O) groups excluding carboxylic acids is 1. The van der Waals surface area contributed by atoms with Crippen LogP contribution >= 0.6 is 0 Å². The summed E-state index contributed by atoms with van der Waals surface area (Å²) in [6.07, 6.45) is 5.33. The first-order valence-corrected chi connectivity index (χ1v) is 11.7. The van der Waals surface area contributed by atoms with E-state index in [0.29, 0.717) is 34.1 Å². The maximum Gasteiger partial charge on any atom is 0.257 e. The highest BCUT2D eigenvalue weighted by atomic mass is 32.2. The third-order valence-corrected chi connectivity index (χ3v) is 5.77. The number of furan rings is 1. The summed E-state index contributed by atoms with van der Waals surface area (Å²) in [6.45, 7) is 1.78. The van der Waals surface area contributed by atoms with E-state index in [1.54, 1.807) is 36.2 Å². The molecule has 33 heavy (non-hydrogen) atoms. The minimum Gasteiger partial charge on any atom is -0.461 e. The highest BCUT2D eigenvalue weighted by molar-refractivity contribution is 7.90. The van der Waals surface area contributed by atoms with Crippen molar-refractivity contribution in [2.45, 2.75) is 11.8 Å². The Morgan fingerprint density at radius 2 is 1.85 bits per heavy atom. The van der Waals surface area contributed by atoms with Gasteiger partial charge in [-0.25, -0.2) is 23.4 Å². The van der Waals surface area contributed by atoms with Crippen molar-refractivity contribution in [3.05, 3.63) is 60.2 Å². The van der Waals surface area contributed by atoms with Crippen LogP contribution in [0.1, 0.15) is 16.1 Å². The van der Waals surface area contributed by atoms with Crippen molar-refractivity contribution in [3.8, 4) is 11.6 Å². The average molecular weight is 468 g/mol. The fraction of sp³-hybridized carbons (Fsp3) is 0.182. The number of pyridine rings is 1. The number of nitrogens with one attached hydrogen (secondary N) is 1. The molecule has 0 saturated heterocycles. The van der Waals surface area contributed by atoms with Gasteiger partial charge in [-0.2, -0.15) is 0 Å². The van der Waals surface area contributed by atoms with Crippen molar-refractivity contribution in [1.29, 1.82) is 0 Å². The lowest BCUT2D eigenvalue weighted by Gasteiger charge is -2.11. The molecule has 4 aromatic rings. The number of carbonyl (C=O) groups is 1. The Balaban J connectivity index is 1.64. The Labute approximate surface area is 190 Å². The van der Waals surface area contributed by atoms with Gasteiger partial charge < -0.3 is 19.4 Å². The van der Waals surface area contributed by atoms with Crippen LogP contribution < -0.4 is 15.0 Å². The predicted molar refractivity (Wildman–Crippen MR) is 123 cm³/mol. The second kappa shape index (κ2) is 8.51. The molecule has 170 valence electrons. The van der Waals surface area contributed by atoms with Gasteiger partial charge >= 0.3 is 0 Å². The van der Waals surface area contributed by atoms with Crippen LogP contribution in [0.3, 0.4) is 0 Å². The van der Waals surface area contributed by atoms with Gasteiger partial charge in [0.05, 0.1) is 22.7 Å². The minimum atomic E-state index is -3.38. The number of ether oxygens (including phenoxy) is 1. The molecule has 3 aromatic heterocycles. The molecule has 1 amide bonds. The molecule has 4 rings (SSSR count). The Hall–Kier alpha value is -3.99. The monoisotopic (exact) mass is 467 g/mol. The van der Waals surface area contributed by atoms with Gasteiger partial charge in [0.25, 0.3) is 5.91 Å². The first-order valence-electron chi connectivity index (χ1n) is 9.79. The number of amides is 1. The van der Waals surface area contributed by atoms with Crippen LogP contribution in [-0.2, 0) is 9.84 Å². The number of sulfone groups is 1. The van der Waals surface area contributed by atoms with E-state index in [0.717, 1.165) is 6.26 Å². The number of anilines is 2. The van der Waals surface area contributed by atoms with Crippen LogP contribution in [0.5, 0.6) is 11.6 Å². The second-order valence-electron chi connectivity index (χ2n) is 7.56. The number of aromatic nitrogens is 3. The summed E-state index contributed by atoms with van der Waals surface area (Å²) in [5.41, 5.74) is 0.732. The molecule has 1 N–H and O–H groups in total. The largest absolute Gasteiger partial charge is 0.461 e. The van der Waals surface area contributed by atoms with Crippen molar-refractivity contribution in [3.63, 3.8) is 0 Å². The fourth-order valence-electron chi connectivity index (χ4n) is 3.01. The lowest BCUT2D eigenvalue weighted by molar-refractivity contribution is 0.102. The zero-order valence-corrected chi connectivity index (χ0v) is 19.2. The lowest BCUT2D eigenvalue weighted by atomic mass is 10.1. The smallest absolute Gasteiger partial charge is 0.257 e. The average Bonchev–Trinajstić information content (AvgIpc) is 3.14. The Morgan fingerprint density at radius 1 is 1.06 bits per heavy atom. The summed E-state index contributed by atoms with van der Waals surface area (Å²) in [6, 6.07) is 7.79. The summed E-state index contributed by atoms with van der Waals surface area (Å²) in [5, 5.41) is 3.35. The van der Waals surface area contributed by atoms with Crippen LogP contribution in [0, 0.1) is 6.92 Å². The molecule has 0 aliphatic rings. The molecule has 0 saturated carbocycles. The van der Waals surface area contributed by atoms with Gasteiger partial charge in [-0.3, -0.25) is 4.79 Å². The summed E-state index contributed by atoms with van der Waals surface area (Å²) in [7, 11) is 0.304. The van der Waals surface area contributed by atoms with Gasteiger partial charge in [0.15, 0.2) is 15.7 Å². The lowest BCUT2D eigenvalue weighted by Crippen LogP contribution is -2.15. The summed E-state index contributed by atoms with van der Waals surface area (Å²) in [5.74, 6) is 1.67. The molecule has 1 aromatic carbocycles. The zero-order chi connectivity index (χ0) is 23.8. The quantitative estimate of drug-likeness (QED) is 0.453. The topological polar surface area (TPSA) is 128 Å². The van der Waals surface area contributed by atoms with E-state index in [4.69, 9.17) is 9.15 Å². The number of hydrogen-bond acceptors (Lipinski definition) is 9. The Kier molecular flexibility index (Phi) is 5.73. The molecule has 11 heteroatoms. The molecule has 0 aliphatic heterocycles. The number of fused-ring (bicyclic) bond motifs is 1. The number of hydrogen-bond donors (Lipinski definition) is 1. The van der Waals surface area contributed by atoms with Crippen molar-refractivity contribution in [1.82, 2.24) is 15.0 Å². The summed E-state index contributed by atoms with van der Waals surface area (Å²) in [4.78, 5) is 27.2. The van der Waals surface area contributed by atoms with Crippen LogP contribution in [-0.4, -0.2) is 49.6 Å². The van der Waals surface area contributed by atoms with Crippen molar-refractivity contribution >= 4 is 38.3 Å². The number of rotatable bonds is 6. The standard InChI is InChI=1S/C22H21N5O5S/c1-13-7-16-17(31-13)8-14(22(28)26-19-11-24-20(12-23-19)27(2)3)9-18(16)32-21-6-5-15(10-25-21)33(4,29)30/h5-12H,1-4H3,(H,23,26,28). The van der Waals surface area contributed by atoms with Gasteiger partial charge in [-0.15, -0.1) is 0 Å². The first-order chi connectivity index (χ1) is 15.6. The van der Waals surface area contributed by atoms with Crippen LogP contribution in [0.4, 0.5) is 11.6 Å². The second-order valence-corrected chi connectivity index (χ2v) is 9.57. The maximum absolute atomic E-state index is 12.9. The van der Waals surface area contributed by atoms with Gasteiger partial charge in [0.1, 0.15) is 22.9 Å². The van der Waals surface area contributed by atoms with E-state index in [2.05, 4.69) is 20.3 Å².